The number of nitrogens with two attached hydrogens (primary N) is 4. The minimum absolute atomic E-state index is 0.0349. The molecule has 4 aliphatic rings. The number of rotatable bonds is 18. The Bertz CT molecular complexity index is 5990. The van der Waals surface area contributed by atoms with Gasteiger partial charge in [-0.3, -0.25) is 58.0 Å². The number of ether oxygens (including phenoxy) is 1. The molecule has 8 heterocycles. The quantitative estimate of drug-likeness (QED) is 0.0620. The Hall–Kier alpha value is -16.8. The van der Waals surface area contributed by atoms with Gasteiger partial charge in [0.2, 0.25) is 23.6 Å². The molecule has 8 amide bonds. The van der Waals surface area contributed by atoms with Gasteiger partial charge in [0, 0.05) is 44.5 Å². The molecule has 33 heteroatoms. The second-order valence-corrected chi connectivity index (χ2v) is 28.1. The molecule has 12 aromatic rings. The van der Waals surface area contributed by atoms with E-state index in [1.807, 2.05) is 229 Å². The maximum Gasteiger partial charge on any atom is 0.373 e. The van der Waals surface area contributed by atoms with Gasteiger partial charge in [-0.15, -0.1) is 0 Å². The van der Waals surface area contributed by atoms with E-state index < -0.39 is 23.6 Å². The normalized spacial score (nSPS) is 11.9. The second-order valence-electron chi connectivity index (χ2n) is 28.1. The molecule has 4 aromatic heterocycles. The van der Waals surface area contributed by atoms with Gasteiger partial charge in [0.25, 0.3) is 23.6 Å². The van der Waals surface area contributed by atoms with Crippen LogP contribution < -0.4 is 47.3 Å². The topological polar surface area (TPSA) is 503 Å². The van der Waals surface area contributed by atoms with Crippen molar-refractivity contribution in [2.45, 2.75) is 107 Å². The van der Waals surface area contributed by atoms with Crippen molar-refractivity contribution in [2.75, 3.05) is 26.2 Å². The van der Waals surface area contributed by atoms with Crippen LogP contribution in [0.5, 0.6) is 5.75 Å². The van der Waals surface area contributed by atoms with E-state index in [0.717, 1.165) is 70.4 Å². The number of primary amides is 4. The molecular weight excluding hydrogens is 1610 g/mol. The second kappa shape index (κ2) is 43.4. The highest BCUT2D eigenvalue weighted by Crippen LogP contribution is 2.42. The summed E-state index contributed by atoms with van der Waals surface area (Å²) in [6.45, 7) is 16.8. The summed E-state index contributed by atoms with van der Waals surface area (Å²) in [7, 11) is 0. The van der Waals surface area contributed by atoms with E-state index in [0.29, 0.717) is 104 Å². The van der Waals surface area contributed by atoms with Gasteiger partial charge < -0.3 is 27.7 Å². The lowest BCUT2D eigenvalue weighted by atomic mass is 10.1. The smallest absolute Gasteiger partial charge is 0.373 e. The standard InChI is InChI=1S/C24H24N4O3.2C22H20N4O2.C21H18N4O2.4CO2/c1-3-13-31-18-11-7-16(8-12-18)23-26-21(22(25)30)19-14-20(29)28(24(19)27-23)17-9-5-15(4-2)6-10-17;2*1-3-14-6-10-16(11-7-14)26-18(27)12-17-19(20(23)28)24-21(25-22(17)26)15-8-4-13(2)5-9-15;1-12-3-7-14(8-4-12)20-23-18(19(22)27)16-11-17(26)25(21(16)24-20)15-9-5-13(2)6-10-15;4*2-1-3/h5-12H,3-4,13-14H2,1-2H3,(H2,25,30);2*4-11H,3,12H2,1-2H3,(H2,23,28);3-10H,11H2,1-2H3,(H2,22,27);;;;. The first-order valence-electron chi connectivity index (χ1n) is 39.0. The van der Waals surface area contributed by atoms with Crippen LogP contribution in [0.1, 0.15) is 137 Å². The average molecular weight is 1700 g/mol. The van der Waals surface area contributed by atoms with Crippen molar-refractivity contribution >= 4 is 118 Å². The molecule has 0 radical (unpaired) electrons. The van der Waals surface area contributed by atoms with E-state index in [1.165, 1.54) is 26.5 Å². The minimum atomic E-state index is -0.682. The molecule has 8 N–H and O–H groups in total. The lowest BCUT2D eigenvalue weighted by Crippen LogP contribution is -2.21. The number of fused-ring (bicyclic) bond motifs is 4. The van der Waals surface area contributed by atoms with E-state index in [1.54, 1.807) is 9.80 Å². The summed E-state index contributed by atoms with van der Waals surface area (Å²) in [5, 5.41) is 0. The SMILES string of the molecule is CCCOc1ccc(-c2nc(C(N)=O)c3c(n2)N(c2ccc(CC)cc2)C(=O)C3)cc1.CCc1ccc(N2C(=O)Cc3c(C(N)=O)nc(-c4ccc(C)cc4)nc32)cc1.CCc1ccc(N2C(=O)Cc3c(C(N)=O)nc(-c4ccc(C)cc4)nc32)cc1.Cc1ccc(-c2nc(C(N)=O)c3c(n2)N(c2ccc(C)cc2)C(=O)C3)cc1.O=C=O.O=C=O.O=C=O.O=C=O. The highest BCUT2D eigenvalue weighted by Gasteiger charge is 2.40. The van der Waals surface area contributed by atoms with Gasteiger partial charge in [-0.25, -0.2) is 39.9 Å². The highest BCUT2D eigenvalue weighted by atomic mass is 16.5. The van der Waals surface area contributed by atoms with E-state index >= 15 is 0 Å². The van der Waals surface area contributed by atoms with Crippen LogP contribution in [-0.4, -0.2) is 118 Å². The molecule has 16 rings (SSSR count). The number of aryl methyl sites for hydroxylation is 7. The monoisotopic (exact) mass is 1690 g/mol. The summed E-state index contributed by atoms with van der Waals surface area (Å²) in [6, 6.07) is 61.1. The third-order valence-electron chi connectivity index (χ3n) is 19.6. The fraction of sp³-hybridized carbons (Fsp3) is 0.183. The number of hydrogen-bond donors (Lipinski definition) is 4. The molecule has 8 aromatic carbocycles. The van der Waals surface area contributed by atoms with Crippen molar-refractivity contribution in [3.05, 3.63) is 278 Å². The largest absolute Gasteiger partial charge is 0.494 e. The van der Waals surface area contributed by atoms with Crippen LogP contribution in [-0.2, 0) is 102 Å². The summed E-state index contributed by atoms with van der Waals surface area (Å²) in [5.41, 5.74) is 38.3. The molecular formula is C93H82N16O17. The number of carbonyl (C=O) groups is 8. The van der Waals surface area contributed by atoms with Gasteiger partial charge in [0.1, 0.15) is 51.8 Å². The van der Waals surface area contributed by atoms with Gasteiger partial charge in [-0.2, -0.15) is 38.4 Å². The van der Waals surface area contributed by atoms with Crippen molar-refractivity contribution in [3.8, 4) is 51.3 Å². The Morgan fingerprint density at radius 2 is 0.492 bits per heavy atom. The first-order valence-corrected chi connectivity index (χ1v) is 39.0. The third kappa shape index (κ3) is 22.2. The number of benzene rings is 8. The van der Waals surface area contributed by atoms with Gasteiger partial charge in [0.05, 0.1) is 55.0 Å². The Morgan fingerprint density at radius 1 is 0.302 bits per heavy atom. The molecule has 0 bridgehead atoms. The van der Waals surface area contributed by atoms with Gasteiger partial charge in [-0.1, -0.05) is 171 Å². The first kappa shape index (κ1) is 93.0. The Morgan fingerprint density at radius 3 is 0.683 bits per heavy atom. The number of nitrogens with zero attached hydrogens (tertiary/aromatic N) is 12. The van der Waals surface area contributed by atoms with E-state index in [9.17, 15) is 38.4 Å². The highest BCUT2D eigenvalue weighted by molar-refractivity contribution is 6.13. The number of carbonyl (C=O) groups excluding carboxylic acids is 16. The molecule has 636 valence electrons. The van der Waals surface area contributed by atoms with E-state index in [-0.39, 0.29) is 96.7 Å². The zero-order valence-electron chi connectivity index (χ0n) is 69.5. The number of hydrogen-bond acceptors (Lipinski definition) is 25. The summed E-state index contributed by atoms with van der Waals surface area (Å²) in [6.07, 6.45) is 4.84. The first-order chi connectivity index (χ1) is 60.6. The molecule has 4 aliphatic heterocycles. The van der Waals surface area contributed by atoms with Gasteiger partial charge in [-0.05, 0) is 143 Å². The van der Waals surface area contributed by atoms with Gasteiger partial charge >= 0.3 is 24.6 Å². The van der Waals surface area contributed by atoms with Crippen molar-refractivity contribution in [2.24, 2.45) is 22.9 Å². The molecule has 0 unspecified atom stereocenters. The van der Waals surface area contributed by atoms with Crippen LogP contribution in [0.3, 0.4) is 0 Å². The molecule has 0 atom stereocenters. The predicted octanol–water partition coefficient (Wildman–Crippen LogP) is 11.2. The maximum atomic E-state index is 12.8. The molecule has 0 saturated carbocycles. The minimum Gasteiger partial charge on any atom is -0.494 e. The van der Waals surface area contributed by atoms with Crippen LogP contribution in [0.2, 0.25) is 0 Å². The summed E-state index contributed by atoms with van der Waals surface area (Å²) in [4.78, 5) is 206. The Balaban J connectivity index is 0.000000182. The van der Waals surface area contributed by atoms with Crippen molar-refractivity contribution in [1.82, 2.24) is 39.9 Å². The molecule has 0 fully saturated rings. The lowest BCUT2D eigenvalue weighted by molar-refractivity contribution is -0.193. The molecule has 126 heavy (non-hydrogen) atoms. The summed E-state index contributed by atoms with van der Waals surface area (Å²) in [5.74, 6) is 0.547. The van der Waals surface area contributed by atoms with Crippen molar-refractivity contribution in [3.63, 3.8) is 0 Å². The van der Waals surface area contributed by atoms with Crippen LogP contribution in [0.4, 0.5) is 46.0 Å². The van der Waals surface area contributed by atoms with Crippen molar-refractivity contribution < 1.29 is 81.4 Å². The summed E-state index contributed by atoms with van der Waals surface area (Å²) < 4.78 is 5.62. The molecule has 0 aliphatic carbocycles. The zero-order valence-corrected chi connectivity index (χ0v) is 69.5. The fourth-order valence-electron chi connectivity index (χ4n) is 13.4. The van der Waals surface area contributed by atoms with E-state index in [2.05, 4.69) is 60.6 Å². The van der Waals surface area contributed by atoms with Crippen LogP contribution in [0.15, 0.2) is 194 Å². The number of aromatic nitrogens is 8. The zero-order chi connectivity index (χ0) is 91.6. The average Bonchev–Trinajstić information content (AvgIpc) is 1.62. The molecule has 0 spiro atoms. The van der Waals surface area contributed by atoms with E-state index in [4.69, 9.17) is 66.0 Å². The predicted molar refractivity (Wildman–Crippen MR) is 456 cm³/mol. The molecule has 0 saturated heterocycles. The fourth-order valence-corrected chi connectivity index (χ4v) is 13.4. The summed E-state index contributed by atoms with van der Waals surface area (Å²) >= 11 is 0. The number of anilines is 8. The van der Waals surface area contributed by atoms with Crippen molar-refractivity contribution in [1.29, 1.82) is 0 Å². The van der Waals surface area contributed by atoms with Gasteiger partial charge in [0.15, 0.2) is 23.3 Å². The Labute approximate surface area is 721 Å². The van der Waals surface area contributed by atoms with Crippen LogP contribution >= 0.6 is 0 Å². The maximum absolute atomic E-state index is 12.8. The van der Waals surface area contributed by atoms with Crippen LogP contribution in [0, 0.1) is 27.7 Å². The molecule has 33 nitrogen and oxygen atoms in total. The lowest BCUT2D eigenvalue weighted by Gasteiger charge is -2.18. The van der Waals surface area contributed by atoms with Crippen LogP contribution in [0.25, 0.3) is 45.6 Å². The Kier molecular flexibility index (Phi) is 32.0. The number of amides is 8. The third-order valence-corrected chi connectivity index (χ3v) is 19.6.